The molecule has 1 saturated carbocycles. The molecule has 0 radical (unpaired) electrons. The summed E-state index contributed by atoms with van der Waals surface area (Å²) in [5, 5.41) is 0. The molecule has 2 rings (SSSR count). The zero-order valence-electron chi connectivity index (χ0n) is 10.5. The van der Waals surface area contributed by atoms with Gasteiger partial charge >= 0.3 is 0 Å². The standard InChI is InChI=1S/C14H25NO/c1-2-12-6-5-8-13(10-12)15-9-4-3-7-14(15)11-16/h11-14H,2-10H2,1H3. The van der Waals surface area contributed by atoms with Crippen molar-refractivity contribution in [3.05, 3.63) is 0 Å². The Kier molecular flexibility index (Phi) is 4.39. The number of hydrogen-bond donors (Lipinski definition) is 0. The lowest BCUT2D eigenvalue weighted by atomic mass is 9.82. The normalized spacial score (nSPS) is 37.2. The van der Waals surface area contributed by atoms with E-state index < -0.39 is 0 Å². The SMILES string of the molecule is CCC1CCCC(N2CCCCC2C=O)C1. The third-order valence-electron chi connectivity index (χ3n) is 4.55. The third-order valence-corrected chi connectivity index (χ3v) is 4.55. The van der Waals surface area contributed by atoms with E-state index in [9.17, 15) is 4.79 Å². The first kappa shape index (κ1) is 12.1. The van der Waals surface area contributed by atoms with Crippen molar-refractivity contribution in [1.82, 2.24) is 4.90 Å². The summed E-state index contributed by atoms with van der Waals surface area (Å²) in [6, 6.07) is 0.934. The van der Waals surface area contributed by atoms with Gasteiger partial charge in [-0.15, -0.1) is 0 Å². The van der Waals surface area contributed by atoms with Crippen LogP contribution in [0.2, 0.25) is 0 Å². The van der Waals surface area contributed by atoms with Crippen LogP contribution in [-0.4, -0.2) is 29.8 Å². The molecule has 0 spiro atoms. The minimum Gasteiger partial charge on any atom is -0.302 e. The highest BCUT2D eigenvalue weighted by Gasteiger charge is 2.31. The van der Waals surface area contributed by atoms with Crippen LogP contribution >= 0.6 is 0 Å². The first-order valence-electron chi connectivity index (χ1n) is 7.06. The lowest BCUT2D eigenvalue weighted by Crippen LogP contribution is -2.48. The van der Waals surface area contributed by atoms with E-state index in [0.717, 1.165) is 18.9 Å². The molecule has 1 heterocycles. The van der Waals surface area contributed by atoms with Crippen LogP contribution in [0, 0.1) is 5.92 Å². The van der Waals surface area contributed by atoms with E-state index in [0.29, 0.717) is 6.04 Å². The molecule has 0 amide bonds. The van der Waals surface area contributed by atoms with Crippen LogP contribution in [0.3, 0.4) is 0 Å². The molecule has 2 aliphatic rings. The van der Waals surface area contributed by atoms with Gasteiger partial charge in [0.25, 0.3) is 0 Å². The van der Waals surface area contributed by atoms with Gasteiger partial charge < -0.3 is 4.79 Å². The van der Waals surface area contributed by atoms with E-state index in [2.05, 4.69) is 11.8 Å². The Morgan fingerprint density at radius 2 is 2.06 bits per heavy atom. The predicted octanol–water partition coefficient (Wildman–Crippen LogP) is 3.01. The van der Waals surface area contributed by atoms with Crippen molar-refractivity contribution >= 4 is 6.29 Å². The largest absolute Gasteiger partial charge is 0.302 e. The molecule has 0 aromatic heterocycles. The molecule has 0 aromatic rings. The summed E-state index contributed by atoms with van der Waals surface area (Å²) >= 11 is 0. The second-order valence-electron chi connectivity index (χ2n) is 5.53. The average Bonchev–Trinajstić information content (AvgIpc) is 2.38. The maximum Gasteiger partial charge on any atom is 0.137 e. The second-order valence-corrected chi connectivity index (χ2v) is 5.53. The molecule has 2 heteroatoms. The van der Waals surface area contributed by atoms with Crippen LogP contribution in [0.5, 0.6) is 0 Å². The molecular weight excluding hydrogens is 198 g/mol. The van der Waals surface area contributed by atoms with Crippen molar-refractivity contribution in [2.24, 2.45) is 5.92 Å². The number of piperidine rings is 1. The quantitative estimate of drug-likeness (QED) is 0.685. The first-order valence-corrected chi connectivity index (χ1v) is 7.06. The molecule has 2 fully saturated rings. The molecule has 0 N–H and O–H groups in total. The average molecular weight is 223 g/mol. The second kappa shape index (κ2) is 5.81. The lowest BCUT2D eigenvalue weighted by Gasteiger charge is -2.42. The van der Waals surface area contributed by atoms with Crippen molar-refractivity contribution in [2.75, 3.05) is 6.54 Å². The number of hydrogen-bond acceptors (Lipinski definition) is 2. The van der Waals surface area contributed by atoms with Gasteiger partial charge in [-0.3, -0.25) is 4.90 Å². The Morgan fingerprint density at radius 1 is 1.19 bits per heavy atom. The molecule has 3 unspecified atom stereocenters. The van der Waals surface area contributed by atoms with Gasteiger partial charge in [-0.05, 0) is 38.1 Å². The molecule has 2 nitrogen and oxygen atoms in total. The van der Waals surface area contributed by atoms with Crippen LogP contribution in [0.4, 0.5) is 0 Å². The van der Waals surface area contributed by atoms with Crippen LogP contribution in [0.15, 0.2) is 0 Å². The van der Waals surface area contributed by atoms with Gasteiger partial charge in [0.1, 0.15) is 6.29 Å². The van der Waals surface area contributed by atoms with Crippen LogP contribution in [0.1, 0.15) is 58.3 Å². The van der Waals surface area contributed by atoms with Crippen LogP contribution in [0.25, 0.3) is 0 Å². The van der Waals surface area contributed by atoms with E-state index in [4.69, 9.17) is 0 Å². The zero-order chi connectivity index (χ0) is 11.4. The maximum atomic E-state index is 11.1. The summed E-state index contributed by atoms with van der Waals surface area (Å²) in [5.41, 5.74) is 0. The first-order chi connectivity index (χ1) is 7.85. The van der Waals surface area contributed by atoms with E-state index in [1.54, 1.807) is 0 Å². The summed E-state index contributed by atoms with van der Waals surface area (Å²) < 4.78 is 0. The fourth-order valence-corrected chi connectivity index (χ4v) is 3.51. The highest BCUT2D eigenvalue weighted by atomic mass is 16.1. The number of nitrogens with zero attached hydrogens (tertiary/aromatic N) is 1. The van der Waals surface area contributed by atoms with Crippen molar-refractivity contribution in [2.45, 2.75) is 70.4 Å². The Labute approximate surface area is 99.4 Å². The Balaban J connectivity index is 1.95. The van der Waals surface area contributed by atoms with Gasteiger partial charge in [-0.25, -0.2) is 0 Å². The summed E-state index contributed by atoms with van der Waals surface area (Å²) in [6.45, 7) is 3.46. The van der Waals surface area contributed by atoms with Crippen molar-refractivity contribution < 1.29 is 4.79 Å². The maximum absolute atomic E-state index is 11.1. The predicted molar refractivity (Wildman–Crippen MR) is 66.4 cm³/mol. The zero-order valence-corrected chi connectivity index (χ0v) is 10.5. The van der Waals surface area contributed by atoms with Crippen LogP contribution < -0.4 is 0 Å². The molecule has 1 aliphatic carbocycles. The monoisotopic (exact) mass is 223 g/mol. The highest BCUT2D eigenvalue weighted by Crippen LogP contribution is 2.32. The van der Waals surface area contributed by atoms with E-state index in [1.165, 1.54) is 51.2 Å². The minimum atomic E-state index is 0.231. The molecule has 3 atom stereocenters. The molecule has 1 saturated heterocycles. The lowest BCUT2D eigenvalue weighted by molar-refractivity contribution is -0.115. The van der Waals surface area contributed by atoms with Gasteiger partial charge in [-0.2, -0.15) is 0 Å². The molecular formula is C14H25NO. The topological polar surface area (TPSA) is 20.3 Å². The minimum absolute atomic E-state index is 0.231. The van der Waals surface area contributed by atoms with Crippen molar-refractivity contribution in [3.8, 4) is 0 Å². The number of carbonyl (C=O) groups excluding carboxylic acids is 1. The Morgan fingerprint density at radius 3 is 2.81 bits per heavy atom. The number of likely N-dealkylation sites (tertiary alicyclic amines) is 1. The molecule has 0 bridgehead atoms. The summed E-state index contributed by atoms with van der Waals surface area (Å²) in [6.07, 6.45) is 11.6. The highest BCUT2D eigenvalue weighted by molar-refractivity contribution is 5.57. The molecule has 92 valence electrons. The summed E-state index contributed by atoms with van der Waals surface area (Å²) in [5.74, 6) is 0.910. The number of carbonyl (C=O) groups is 1. The van der Waals surface area contributed by atoms with Gasteiger partial charge in [0.2, 0.25) is 0 Å². The van der Waals surface area contributed by atoms with Gasteiger partial charge in [0, 0.05) is 6.04 Å². The smallest absolute Gasteiger partial charge is 0.137 e. The Bertz CT molecular complexity index is 229. The molecule has 16 heavy (non-hydrogen) atoms. The molecule has 1 aliphatic heterocycles. The third kappa shape index (κ3) is 2.65. The fraction of sp³-hybridized carbons (Fsp3) is 0.929. The van der Waals surface area contributed by atoms with Gasteiger partial charge in [-0.1, -0.05) is 32.6 Å². The number of rotatable bonds is 3. The summed E-state index contributed by atoms with van der Waals surface area (Å²) in [4.78, 5) is 13.6. The molecule has 0 aromatic carbocycles. The fourth-order valence-electron chi connectivity index (χ4n) is 3.51. The number of aldehydes is 1. The van der Waals surface area contributed by atoms with Gasteiger partial charge in [0.15, 0.2) is 0 Å². The van der Waals surface area contributed by atoms with Crippen molar-refractivity contribution in [1.29, 1.82) is 0 Å². The van der Waals surface area contributed by atoms with Gasteiger partial charge in [0.05, 0.1) is 6.04 Å². The van der Waals surface area contributed by atoms with E-state index >= 15 is 0 Å². The van der Waals surface area contributed by atoms with E-state index in [-0.39, 0.29) is 6.04 Å². The van der Waals surface area contributed by atoms with E-state index in [1.807, 2.05) is 0 Å². The van der Waals surface area contributed by atoms with Crippen molar-refractivity contribution in [3.63, 3.8) is 0 Å². The summed E-state index contributed by atoms with van der Waals surface area (Å²) in [7, 11) is 0. The van der Waals surface area contributed by atoms with Crippen LogP contribution in [-0.2, 0) is 4.79 Å². The Hall–Kier alpha value is -0.370.